The van der Waals surface area contributed by atoms with Gasteiger partial charge >= 0.3 is 0 Å². The van der Waals surface area contributed by atoms with E-state index in [0.717, 1.165) is 23.8 Å². The second kappa shape index (κ2) is 5.71. The molecule has 2 aromatic carbocycles. The number of rotatable bonds is 4. The average Bonchev–Trinajstić information content (AvgIpc) is 2.41. The van der Waals surface area contributed by atoms with Gasteiger partial charge in [0, 0.05) is 5.39 Å². The van der Waals surface area contributed by atoms with Crippen LogP contribution >= 0.6 is 11.6 Å². The van der Waals surface area contributed by atoms with Gasteiger partial charge in [-0.2, -0.15) is 0 Å². The van der Waals surface area contributed by atoms with Crippen molar-refractivity contribution in [1.29, 1.82) is 0 Å². The highest BCUT2D eigenvalue weighted by molar-refractivity contribution is 6.22. The molecule has 0 aromatic heterocycles. The van der Waals surface area contributed by atoms with Crippen LogP contribution in [0.25, 0.3) is 10.8 Å². The molecular weight excluding hydrogens is 247 g/mol. The van der Waals surface area contributed by atoms with Crippen molar-refractivity contribution in [3.63, 3.8) is 0 Å². The lowest BCUT2D eigenvalue weighted by molar-refractivity contribution is 0.477. The minimum Gasteiger partial charge on any atom is -0.206 e. The zero-order valence-electron chi connectivity index (χ0n) is 10.8. The summed E-state index contributed by atoms with van der Waals surface area (Å²) in [5.74, 6) is 0.253. The molecule has 0 nitrogen and oxygen atoms in total. The summed E-state index contributed by atoms with van der Waals surface area (Å²) in [6, 6.07) is 10.9. The summed E-state index contributed by atoms with van der Waals surface area (Å²) in [6.07, 6.45) is 2.08. The Morgan fingerprint density at radius 3 is 2.22 bits per heavy atom. The van der Waals surface area contributed by atoms with Gasteiger partial charge in [-0.15, -0.1) is 11.6 Å². The van der Waals surface area contributed by atoms with Gasteiger partial charge in [0.2, 0.25) is 0 Å². The maximum Gasteiger partial charge on any atom is 0.131 e. The van der Waals surface area contributed by atoms with Crippen molar-refractivity contribution in [3.8, 4) is 0 Å². The van der Waals surface area contributed by atoms with Crippen LogP contribution < -0.4 is 0 Å². The van der Waals surface area contributed by atoms with Gasteiger partial charge in [0.15, 0.2) is 0 Å². The van der Waals surface area contributed by atoms with Crippen LogP contribution in [0.3, 0.4) is 0 Å². The van der Waals surface area contributed by atoms with Gasteiger partial charge in [0.05, 0.1) is 5.38 Å². The van der Waals surface area contributed by atoms with Crippen LogP contribution in [0.1, 0.15) is 37.6 Å². The molecule has 0 bridgehead atoms. The van der Waals surface area contributed by atoms with E-state index in [1.54, 1.807) is 0 Å². The predicted octanol–water partition coefficient (Wildman–Crippen LogP) is 5.70. The highest BCUT2D eigenvalue weighted by Crippen LogP contribution is 2.37. The number of hydrogen-bond donors (Lipinski definition) is 0. The molecule has 0 fully saturated rings. The van der Waals surface area contributed by atoms with Crippen LogP contribution in [0.15, 0.2) is 36.4 Å². The first kappa shape index (κ1) is 13.4. The highest BCUT2D eigenvalue weighted by atomic mass is 35.5. The topological polar surface area (TPSA) is 0 Å². The Balaban J connectivity index is 2.54. The van der Waals surface area contributed by atoms with Gasteiger partial charge in [0.25, 0.3) is 0 Å². The Hall–Kier alpha value is -1.08. The largest absolute Gasteiger partial charge is 0.206 e. The van der Waals surface area contributed by atoms with Crippen LogP contribution in [0.2, 0.25) is 0 Å². The fourth-order valence-electron chi connectivity index (χ4n) is 2.48. The summed E-state index contributed by atoms with van der Waals surface area (Å²) in [5.41, 5.74) is 1.04. The van der Waals surface area contributed by atoms with Crippen LogP contribution in [-0.2, 0) is 0 Å². The first-order valence-electron chi connectivity index (χ1n) is 6.50. The standard InChI is InChI=1S/C16H18ClF/c1-3-11(4-2)16(17)14-9-10-15(18)13-8-6-5-7-12(13)14/h5-11,16H,3-4H2,1-2H3. The summed E-state index contributed by atoms with van der Waals surface area (Å²) in [6.45, 7) is 4.30. The maximum absolute atomic E-state index is 13.8. The first-order chi connectivity index (χ1) is 8.69. The van der Waals surface area contributed by atoms with Crippen molar-refractivity contribution >= 4 is 22.4 Å². The van der Waals surface area contributed by atoms with E-state index in [9.17, 15) is 4.39 Å². The molecule has 0 aliphatic heterocycles. The van der Waals surface area contributed by atoms with E-state index in [1.807, 2.05) is 30.3 Å². The summed E-state index contributed by atoms with van der Waals surface area (Å²) in [4.78, 5) is 0. The van der Waals surface area contributed by atoms with Gasteiger partial charge in [-0.25, -0.2) is 4.39 Å². The van der Waals surface area contributed by atoms with E-state index in [1.165, 1.54) is 6.07 Å². The van der Waals surface area contributed by atoms with E-state index in [-0.39, 0.29) is 11.2 Å². The van der Waals surface area contributed by atoms with E-state index >= 15 is 0 Å². The molecule has 0 spiro atoms. The quantitative estimate of drug-likeness (QED) is 0.622. The molecular formula is C16H18ClF. The molecule has 0 radical (unpaired) electrons. The van der Waals surface area contributed by atoms with Gasteiger partial charge in [0.1, 0.15) is 5.82 Å². The van der Waals surface area contributed by atoms with Gasteiger partial charge < -0.3 is 0 Å². The van der Waals surface area contributed by atoms with Crippen LogP contribution in [0.5, 0.6) is 0 Å². The molecule has 0 amide bonds. The van der Waals surface area contributed by atoms with Crippen molar-refractivity contribution < 1.29 is 4.39 Å². The zero-order valence-corrected chi connectivity index (χ0v) is 11.5. The number of hydrogen-bond acceptors (Lipinski definition) is 0. The van der Waals surface area contributed by atoms with Crippen molar-refractivity contribution in [1.82, 2.24) is 0 Å². The maximum atomic E-state index is 13.8. The molecule has 18 heavy (non-hydrogen) atoms. The molecule has 0 N–H and O–H groups in total. The van der Waals surface area contributed by atoms with Crippen molar-refractivity contribution in [2.45, 2.75) is 32.1 Å². The average molecular weight is 265 g/mol. The molecule has 1 atom stereocenters. The van der Waals surface area contributed by atoms with E-state index in [4.69, 9.17) is 11.6 Å². The molecule has 0 saturated heterocycles. The highest BCUT2D eigenvalue weighted by Gasteiger charge is 2.20. The molecule has 0 aliphatic rings. The number of benzene rings is 2. The van der Waals surface area contributed by atoms with Gasteiger partial charge in [-0.3, -0.25) is 0 Å². The van der Waals surface area contributed by atoms with Crippen molar-refractivity contribution in [2.24, 2.45) is 5.92 Å². The second-order valence-corrected chi connectivity index (χ2v) is 5.13. The molecule has 0 saturated carbocycles. The summed E-state index contributed by atoms with van der Waals surface area (Å²) in [5, 5.41) is 1.54. The summed E-state index contributed by atoms with van der Waals surface area (Å²) >= 11 is 6.58. The summed E-state index contributed by atoms with van der Waals surface area (Å²) in [7, 11) is 0. The van der Waals surface area contributed by atoms with Gasteiger partial charge in [-0.1, -0.05) is 57.0 Å². The van der Waals surface area contributed by atoms with Crippen LogP contribution in [0.4, 0.5) is 4.39 Å². The molecule has 2 heteroatoms. The monoisotopic (exact) mass is 264 g/mol. The lowest BCUT2D eigenvalue weighted by Gasteiger charge is -2.21. The van der Waals surface area contributed by atoms with E-state index in [0.29, 0.717) is 11.3 Å². The van der Waals surface area contributed by atoms with Crippen molar-refractivity contribution in [2.75, 3.05) is 0 Å². The molecule has 2 rings (SSSR count). The third-order valence-electron chi connectivity index (χ3n) is 3.66. The number of alkyl halides is 1. The van der Waals surface area contributed by atoms with Crippen LogP contribution in [0, 0.1) is 11.7 Å². The molecule has 0 aliphatic carbocycles. The lowest BCUT2D eigenvalue weighted by Crippen LogP contribution is -2.06. The SMILES string of the molecule is CCC(CC)C(Cl)c1ccc(F)c2ccccc12. The fraction of sp³-hybridized carbons (Fsp3) is 0.375. The normalized spacial score (nSPS) is 13.2. The second-order valence-electron chi connectivity index (χ2n) is 4.66. The Labute approximate surface area is 113 Å². The molecule has 2 aromatic rings. The Kier molecular flexibility index (Phi) is 4.23. The third-order valence-corrected chi connectivity index (χ3v) is 4.26. The van der Waals surface area contributed by atoms with Gasteiger partial charge in [-0.05, 0) is 22.9 Å². The minimum atomic E-state index is -0.178. The Morgan fingerprint density at radius 1 is 1.00 bits per heavy atom. The third kappa shape index (κ3) is 2.37. The summed E-state index contributed by atoms with van der Waals surface area (Å²) < 4.78 is 13.8. The number of halogens is 2. The fourth-order valence-corrected chi connectivity index (χ4v) is 3.03. The lowest BCUT2D eigenvalue weighted by atomic mass is 9.91. The predicted molar refractivity (Wildman–Crippen MR) is 76.6 cm³/mol. The van der Waals surface area contributed by atoms with Crippen LogP contribution in [-0.4, -0.2) is 0 Å². The number of fused-ring (bicyclic) bond motifs is 1. The first-order valence-corrected chi connectivity index (χ1v) is 6.93. The molecule has 96 valence electrons. The molecule has 1 unspecified atom stereocenters. The Bertz CT molecular complexity index is 532. The Morgan fingerprint density at radius 2 is 1.61 bits per heavy atom. The van der Waals surface area contributed by atoms with E-state index in [2.05, 4.69) is 13.8 Å². The molecule has 0 heterocycles. The van der Waals surface area contributed by atoms with E-state index < -0.39 is 0 Å². The smallest absolute Gasteiger partial charge is 0.131 e. The minimum absolute atomic E-state index is 0.0505. The zero-order chi connectivity index (χ0) is 13.1. The van der Waals surface area contributed by atoms with Crippen molar-refractivity contribution in [3.05, 3.63) is 47.8 Å².